The number of nitriles is 1. The number of aliphatic imine (C=N–C) groups is 1. The number of ether oxygens (including phenoxy) is 1. The number of hydrogen-bond acceptors (Lipinski definition) is 10. The van der Waals surface area contributed by atoms with E-state index in [-0.39, 0.29) is 23.9 Å². The van der Waals surface area contributed by atoms with E-state index in [0.717, 1.165) is 16.8 Å². The predicted octanol–water partition coefficient (Wildman–Crippen LogP) is 2.74. The molecular weight excluding hydrogens is 496 g/mol. The van der Waals surface area contributed by atoms with Crippen molar-refractivity contribution in [2.45, 2.75) is 19.1 Å². The fourth-order valence-electron chi connectivity index (χ4n) is 4.75. The van der Waals surface area contributed by atoms with Crippen molar-refractivity contribution >= 4 is 29.0 Å². The lowest BCUT2D eigenvalue weighted by molar-refractivity contribution is -0.116. The number of dihydropyridines is 1. The van der Waals surface area contributed by atoms with E-state index in [1.807, 2.05) is 67.6 Å². The highest BCUT2D eigenvalue weighted by molar-refractivity contribution is 6.19. The van der Waals surface area contributed by atoms with Gasteiger partial charge in [0.2, 0.25) is 6.17 Å². The molecule has 1 amide bonds. The van der Waals surface area contributed by atoms with Gasteiger partial charge in [-0.1, -0.05) is 53.6 Å². The summed E-state index contributed by atoms with van der Waals surface area (Å²) in [6.07, 6.45) is 0.836. The number of nitrogens with one attached hydrogen (secondary N) is 3. The number of carbonyl (C=O) groups excluding carboxylic acids is 1. The molecule has 1 aromatic heterocycles. The molecule has 0 bridgehead atoms. The lowest BCUT2D eigenvalue weighted by Crippen LogP contribution is -2.40. The maximum Gasteiger partial charge on any atom is 0.317 e. The highest BCUT2D eigenvalue weighted by Gasteiger charge is 2.30. The van der Waals surface area contributed by atoms with Gasteiger partial charge in [-0.15, -0.1) is 5.10 Å². The molecule has 3 N–H and O–H groups in total. The Kier molecular flexibility index (Phi) is 6.52. The van der Waals surface area contributed by atoms with Crippen molar-refractivity contribution in [2.24, 2.45) is 4.99 Å². The zero-order valence-electron chi connectivity index (χ0n) is 21.2. The van der Waals surface area contributed by atoms with E-state index in [9.17, 15) is 10.1 Å². The van der Waals surface area contributed by atoms with Gasteiger partial charge in [0.25, 0.3) is 11.8 Å². The second kappa shape index (κ2) is 10.4. The molecule has 11 nitrogen and oxygen atoms in total. The Morgan fingerprint density at radius 3 is 2.64 bits per heavy atom. The molecule has 1 unspecified atom stereocenters. The summed E-state index contributed by atoms with van der Waals surface area (Å²) in [6.45, 7) is 4.40. The highest BCUT2D eigenvalue weighted by atomic mass is 16.5. The van der Waals surface area contributed by atoms with Gasteiger partial charge in [0.1, 0.15) is 5.70 Å². The predicted molar refractivity (Wildman–Crippen MR) is 144 cm³/mol. The van der Waals surface area contributed by atoms with Crippen LogP contribution in [0.15, 0.2) is 81.4 Å². The maximum absolute atomic E-state index is 13.2. The lowest BCUT2D eigenvalue weighted by atomic mass is 10.0. The molecule has 0 radical (unpaired) electrons. The largest absolute Gasteiger partial charge is 0.402 e. The third kappa shape index (κ3) is 4.85. The molecule has 6 rings (SSSR count). The Bertz CT molecular complexity index is 1530. The van der Waals surface area contributed by atoms with Crippen LogP contribution in [0.2, 0.25) is 0 Å². The molecule has 0 spiro atoms. The number of aromatic nitrogens is 2. The molecule has 196 valence electrons. The smallest absolute Gasteiger partial charge is 0.317 e. The van der Waals surface area contributed by atoms with Gasteiger partial charge in [-0.25, -0.2) is 4.99 Å². The van der Waals surface area contributed by atoms with Crippen molar-refractivity contribution in [3.8, 4) is 6.07 Å². The zero-order chi connectivity index (χ0) is 26.8. The molecule has 3 aliphatic heterocycles. The third-order valence-electron chi connectivity index (χ3n) is 6.75. The number of fused-ring (bicyclic) bond motifs is 1. The van der Waals surface area contributed by atoms with E-state index >= 15 is 0 Å². The van der Waals surface area contributed by atoms with Gasteiger partial charge in [-0.05, 0) is 19.1 Å². The van der Waals surface area contributed by atoms with E-state index in [4.69, 9.17) is 14.1 Å². The second-order valence-electron chi connectivity index (χ2n) is 9.27. The minimum absolute atomic E-state index is 0.0469. The van der Waals surface area contributed by atoms with Crippen molar-refractivity contribution in [1.29, 1.82) is 5.26 Å². The quantitative estimate of drug-likeness (QED) is 0.461. The maximum atomic E-state index is 13.2. The lowest BCUT2D eigenvalue weighted by Gasteiger charge is -2.34. The summed E-state index contributed by atoms with van der Waals surface area (Å²) < 4.78 is 11.5. The van der Waals surface area contributed by atoms with Gasteiger partial charge in [-0.2, -0.15) is 5.26 Å². The van der Waals surface area contributed by atoms with Gasteiger partial charge < -0.3 is 30.0 Å². The van der Waals surface area contributed by atoms with Crippen molar-refractivity contribution < 1.29 is 13.9 Å². The van der Waals surface area contributed by atoms with E-state index < -0.39 is 6.17 Å². The summed E-state index contributed by atoms with van der Waals surface area (Å²) in [4.78, 5) is 20.1. The Balaban J connectivity index is 1.34. The molecule has 0 saturated carbocycles. The highest BCUT2D eigenvalue weighted by Crippen LogP contribution is 2.29. The molecule has 3 aliphatic rings. The van der Waals surface area contributed by atoms with Crippen LogP contribution in [0.1, 0.15) is 23.9 Å². The van der Waals surface area contributed by atoms with E-state index in [0.29, 0.717) is 49.0 Å². The Morgan fingerprint density at radius 2 is 1.85 bits per heavy atom. The summed E-state index contributed by atoms with van der Waals surface area (Å²) >= 11 is 0. The van der Waals surface area contributed by atoms with Crippen LogP contribution < -0.4 is 16.0 Å². The number of hydrogen-bond donors (Lipinski definition) is 3. The Labute approximate surface area is 224 Å². The van der Waals surface area contributed by atoms with Crippen LogP contribution in [0.5, 0.6) is 0 Å². The topological polar surface area (TPSA) is 141 Å². The van der Waals surface area contributed by atoms with E-state index in [1.54, 1.807) is 0 Å². The van der Waals surface area contributed by atoms with Gasteiger partial charge in [0.05, 0.1) is 48.0 Å². The van der Waals surface area contributed by atoms with Gasteiger partial charge >= 0.3 is 6.01 Å². The fraction of sp³-hybridized carbons (Fsp3) is 0.250. The van der Waals surface area contributed by atoms with Crippen molar-refractivity contribution in [1.82, 2.24) is 20.4 Å². The Morgan fingerprint density at radius 1 is 1.08 bits per heavy atom. The second-order valence-corrected chi connectivity index (χ2v) is 9.27. The molecule has 2 aromatic carbocycles. The van der Waals surface area contributed by atoms with Crippen LogP contribution in [0.4, 0.5) is 11.7 Å². The van der Waals surface area contributed by atoms with Crippen LogP contribution in [-0.4, -0.2) is 65.2 Å². The first-order chi connectivity index (χ1) is 19.1. The third-order valence-corrected chi connectivity index (χ3v) is 6.75. The normalized spacial score (nSPS) is 21.0. The first kappa shape index (κ1) is 24.4. The standard InChI is InChI=1S/C28H26N8O3/c1-17-19(16-29)15-22(36-11-13-38-14-12-36)24(30-17)27-34-35-28(39-27)33-25-26(37)31-21-10-6-5-9-20(21)23(32-25)18-7-3-2-4-8-18/h2-10,15,17,25,30H,11-14H2,1H3,(H,31,37)(H,33,35)/t17?,25-/m1/s1. The van der Waals surface area contributed by atoms with Gasteiger partial charge in [0, 0.05) is 24.2 Å². The molecule has 2 atom stereocenters. The minimum atomic E-state index is -1.02. The molecule has 4 heterocycles. The molecular formula is C28H26N8O3. The minimum Gasteiger partial charge on any atom is -0.402 e. The molecule has 1 fully saturated rings. The van der Waals surface area contributed by atoms with E-state index in [1.165, 1.54) is 0 Å². The average molecular weight is 523 g/mol. The number of benzodiazepines with no additional fused rings is 1. The van der Waals surface area contributed by atoms with Crippen molar-refractivity contribution in [2.75, 3.05) is 36.9 Å². The summed E-state index contributed by atoms with van der Waals surface area (Å²) in [7, 11) is 0. The summed E-state index contributed by atoms with van der Waals surface area (Å²) in [6, 6.07) is 19.3. The number of carbonyl (C=O) groups is 1. The first-order valence-corrected chi connectivity index (χ1v) is 12.7. The number of benzene rings is 2. The van der Waals surface area contributed by atoms with Crippen LogP contribution in [0.25, 0.3) is 5.70 Å². The summed E-state index contributed by atoms with van der Waals surface area (Å²) in [5.74, 6) is -0.115. The van der Waals surface area contributed by atoms with E-state index in [2.05, 4.69) is 37.1 Å². The van der Waals surface area contributed by atoms with Crippen LogP contribution in [0.3, 0.4) is 0 Å². The summed E-state index contributed by atoms with van der Waals surface area (Å²) in [5.41, 5.74) is 5.03. The zero-order valence-corrected chi connectivity index (χ0v) is 21.2. The molecule has 3 aromatic rings. The van der Waals surface area contributed by atoms with Gasteiger partial charge in [-0.3, -0.25) is 4.79 Å². The Hall–Kier alpha value is -4.95. The number of anilines is 2. The van der Waals surface area contributed by atoms with Crippen molar-refractivity contribution in [3.63, 3.8) is 0 Å². The number of allylic oxidation sites excluding steroid dienone is 1. The molecule has 0 aliphatic carbocycles. The molecule has 1 saturated heterocycles. The van der Waals surface area contributed by atoms with Crippen LogP contribution in [-0.2, 0) is 9.53 Å². The van der Waals surface area contributed by atoms with Crippen LogP contribution in [0, 0.1) is 11.3 Å². The number of nitrogens with zero attached hydrogens (tertiary/aromatic N) is 5. The monoisotopic (exact) mass is 522 g/mol. The molecule has 39 heavy (non-hydrogen) atoms. The SMILES string of the molecule is CC1NC(c2nnc(N[C@H]3N=C(c4ccccc4)c4ccccc4NC3=O)o2)=C(N2CCOCC2)C=C1C#N. The first-order valence-electron chi connectivity index (χ1n) is 12.7. The number of rotatable bonds is 5. The molecule has 11 heteroatoms. The summed E-state index contributed by atoms with van der Waals surface area (Å²) in [5, 5.41) is 27.3. The fourth-order valence-corrected chi connectivity index (χ4v) is 4.75. The van der Waals surface area contributed by atoms with Crippen molar-refractivity contribution in [3.05, 3.63) is 89.0 Å². The average Bonchev–Trinajstić information content (AvgIpc) is 3.39. The number of para-hydroxylation sites is 1. The number of amides is 1. The van der Waals surface area contributed by atoms with Crippen LogP contribution >= 0.6 is 0 Å². The number of morpholine rings is 1. The van der Waals surface area contributed by atoms with Gasteiger partial charge in [0.15, 0.2) is 0 Å².